The van der Waals surface area contributed by atoms with Crippen molar-refractivity contribution in [1.29, 1.82) is 0 Å². The number of halogens is 3. The van der Waals surface area contributed by atoms with Crippen LogP contribution < -0.4 is 0 Å². The summed E-state index contributed by atoms with van der Waals surface area (Å²) in [6.07, 6.45) is -6.92. The third-order valence-corrected chi connectivity index (χ3v) is 1.39. The van der Waals surface area contributed by atoms with Crippen LogP contribution in [0.1, 0.15) is 13.8 Å². The molecule has 8 heteroatoms. The molecule has 0 radical (unpaired) electrons. The first kappa shape index (κ1) is 15.1. The van der Waals surface area contributed by atoms with E-state index in [1.54, 1.807) is 0 Å². The largest absolute Gasteiger partial charge is 0.491 e. The van der Waals surface area contributed by atoms with E-state index in [1.165, 1.54) is 6.92 Å². The molecule has 0 bridgehead atoms. The molecule has 0 saturated heterocycles. The van der Waals surface area contributed by atoms with Crippen molar-refractivity contribution >= 4 is 17.9 Å². The first-order valence-electron chi connectivity index (χ1n) is 4.25. The molecule has 96 valence electrons. The molecule has 1 atom stereocenters. The molecule has 0 fully saturated rings. The number of carbonyl (C=O) groups excluding carboxylic acids is 3. The average Bonchev–Trinajstić information content (AvgIpc) is 2.15. The van der Waals surface area contributed by atoms with Crippen LogP contribution in [0.2, 0.25) is 0 Å². The van der Waals surface area contributed by atoms with Gasteiger partial charge in [0.25, 0.3) is 0 Å². The maximum Gasteiger partial charge on any atom is 0.491 e. The smallest absolute Gasteiger partial charge is 0.447 e. The first-order valence-corrected chi connectivity index (χ1v) is 4.25. The van der Waals surface area contributed by atoms with Gasteiger partial charge in [-0.3, -0.25) is 0 Å². The number of carbonyl (C=O) groups is 3. The summed E-state index contributed by atoms with van der Waals surface area (Å²) >= 11 is 0. The second-order valence-electron chi connectivity index (χ2n) is 3.03. The summed E-state index contributed by atoms with van der Waals surface area (Å²) in [7, 11) is 0. The highest BCUT2D eigenvalue weighted by atomic mass is 19.4. The Morgan fingerprint density at radius 2 is 1.71 bits per heavy atom. The van der Waals surface area contributed by atoms with Gasteiger partial charge in [0.05, 0.1) is 0 Å². The van der Waals surface area contributed by atoms with Gasteiger partial charge in [0.15, 0.2) is 6.10 Å². The fourth-order valence-electron chi connectivity index (χ4n) is 0.541. The molecule has 0 aromatic carbocycles. The van der Waals surface area contributed by atoms with Gasteiger partial charge in [-0.25, -0.2) is 14.4 Å². The molecule has 5 nitrogen and oxygen atoms in total. The predicted octanol–water partition coefficient (Wildman–Crippen LogP) is 1.13. The van der Waals surface area contributed by atoms with E-state index in [2.05, 4.69) is 16.1 Å². The van der Waals surface area contributed by atoms with Crippen molar-refractivity contribution in [1.82, 2.24) is 0 Å². The minimum atomic E-state index is -5.28. The highest BCUT2D eigenvalue weighted by molar-refractivity contribution is 5.93. The maximum absolute atomic E-state index is 11.7. The number of hydrogen-bond donors (Lipinski definition) is 0. The zero-order chi connectivity index (χ0) is 13.8. The van der Waals surface area contributed by atoms with E-state index < -0.39 is 30.2 Å². The monoisotopic (exact) mass is 254 g/mol. The lowest BCUT2D eigenvalue weighted by atomic mass is 10.3. The van der Waals surface area contributed by atoms with Crippen LogP contribution in [0.4, 0.5) is 13.2 Å². The van der Waals surface area contributed by atoms with Crippen molar-refractivity contribution in [3.8, 4) is 0 Å². The molecule has 0 heterocycles. The highest BCUT2D eigenvalue weighted by Gasteiger charge is 2.43. The van der Waals surface area contributed by atoms with E-state index >= 15 is 0 Å². The Hall–Kier alpha value is -1.86. The lowest BCUT2D eigenvalue weighted by Gasteiger charge is -2.12. The summed E-state index contributed by atoms with van der Waals surface area (Å²) in [5.41, 5.74) is -0.0493. The normalized spacial score (nSPS) is 12.5. The van der Waals surface area contributed by atoms with Crippen molar-refractivity contribution < 1.29 is 37.0 Å². The Balaban J connectivity index is 4.39. The van der Waals surface area contributed by atoms with Gasteiger partial charge in [0.1, 0.15) is 0 Å². The van der Waals surface area contributed by atoms with Crippen molar-refractivity contribution in [2.45, 2.75) is 26.1 Å². The molecule has 1 unspecified atom stereocenters. The van der Waals surface area contributed by atoms with Gasteiger partial charge < -0.3 is 9.47 Å². The molecule has 17 heavy (non-hydrogen) atoms. The van der Waals surface area contributed by atoms with Crippen molar-refractivity contribution in [2.75, 3.05) is 0 Å². The lowest BCUT2D eigenvalue weighted by molar-refractivity contribution is -0.205. The summed E-state index contributed by atoms with van der Waals surface area (Å²) in [5.74, 6) is -5.25. The minimum absolute atomic E-state index is 0.0493. The van der Waals surface area contributed by atoms with Crippen LogP contribution in [0.5, 0.6) is 0 Å². The number of hydrogen-bond acceptors (Lipinski definition) is 5. The highest BCUT2D eigenvalue weighted by Crippen LogP contribution is 2.17. The van der Waals surface area contributed by atoms with Crippen LogP contribution in [0.15, 0.2) is 12.2 Å². The van der Waals surface area contributed by atoms with Crippen LogP contribution in [0.3, 0.4) is 0 Å². The average molecular weight is 254 g/mol. The fraction of sp³-hybridized carbons (Fsp3) is 0.444. The molecule has 0 amide bonds. The summed E-state index contributed by atoms with van der Waals surface area (Å²) in [5, 5.41) is 0. The summed E-state index contributed by atoms with van der Waals surface area (Å²) in [4.78, 5) is 32.1. The summed E-state index contributed by atoms with van der Waals surface area (Å²) in [6, 6.07) is 0. The van der Waals surface area contributed by atoms with Gasteiger partial charge in [0.2, 0.25) is 0 Å². The lowest BCUT2D eigenvalue weighted by Crippen LogP contribution is -2.34. The Morgan fingerprint density at radius 3 is 2.06 bits per heavy atom. The second kappa shape index (κ2) is 5.46. The standard InChI is InChI=1S/C9H9F3O5/c1-4(2)6(13)16-5(3)7(14)17-8(15)9(10,11)12/h5H,1H2,2-3H3. The van der Waals surface area contributed by atoms with Crippen LogP contribution in [0, 0.1) is 0 Å². The Morgan fingerprint density at radius 1 is 1.24 bits per heavy atom. The number of ether oxygens (including phenoxy) is 2. The van der Waals surface area contributed by atoms with E-state index in [0.717, 1.165) is 6.92 Å². The maximum atomic E-state index is 11.7. The number of alkyl halides is 3. The zero-order valence-electron chi connectivity index (χ0n) is 8.96. The number of rotatable bonds is 3. The molecule has 0 saturated carbocycles. The molecular weight excluding hydrogens is 245 g/mol. The molecule has 0 N–H and O–H groups in total. The van der Waals surface area contributed by atoms with Gasteiger partial charge in [-0.1, -0.05) is 6.58 Å². The van der Waals surface area contributed by atoms with Crippen LogP contribution >= 0.6 is 0 Å². The van der Waals surface area contributed by atoms with Gasteiger partial charge in [0, 0.05) is 5.57 Å². The molecule has 0 aromatic rings. The zero-order valence-corrected chi connectivity index (χ0v) is 8.96. The molecule has 0 rings (SSSR count). The number of esters is 3. The van der Waals surface area contributed by atoms with Crippen LogP contribution in [-0.2, 0) is 23.9 Å². The molecule has 0 spiro atoms. The molecule has 0 aliphatic heterocycles. The third kappa shape index (κ3) is 5.14. The Bertz CT molecular complexity index is 358. The molecule has 0 aromatic heterocycles. The van der Waals surface area contributed by atoms with Crippen molar-refractivity contribution in [3.05, 3.63) is 12.2 Å². The summed E-state index contributed by atoms with van der Waals surface area (Å²) < 4.78 is 42.9. The van der Waals surface area contributed by atoms with E-state index in [9.17, 15) is 27.6 Å². The second-order valence-corrected chi connectivity index (χ2v) is 3.03. The van der Waals surface area contributed by atoms with Crippen LogP contribution in [-0.4, -0.2) is 30.2 Å². The van der Waals surface area contributed by atoms with E-state index in [-0.39, 0.29) is 5.57 Å². The Kier molecular flexibility index (Phi) is 4.87. The van der Waals surface area contributed by atoms with Gasteiger partial charge >= 0.3 is 24.1 Å². The van der Waals surface area contributed by atoms with Crippen molar-refractivity contribution in [3.63, 3.8) is 0 Å². The SMILES string of the molecule is C=C(C)C(=O)OC(C)C(=O)OC(=O)C(F)(F)F. The third-order valence-electron chi connectivity index (χ3n) is 1.39. The van der Waals surface area contributed by atoms with Crippen molar-refractivity contribution in [2.24, 2.45) is 0 Å². The molecule has 0 aliphatic rings. The minimum Gasteiger partial charge on any atom is -0.447 e. The Labute approximate surface area is 94.2 Å². The van der Waals surface area contributed by atoms with E-state index in [1.807, 2.05) is 0 Å². The molecule has 0 aliphatic carbocycles. The first-order chi connectivity index (χ1) is 7.55. The van der Waals surface area contributed by atoms with E-state index in [0.29, 0.717) is 0 Å². The van der Waals surface area contributed by atoms with Gasteiger partial charge in [-0.15, -0.1) is 0 Å². The quantitative estimate of drug-likeness (QED) is 0.429. The van der Waals surface area contributed by atoms with Crippen LogP contribution in [0.25, 0.3) is 0 Å². The van der Waals surface area contributed by atoms with E-state index in [4.69, 9.17) is 0 Å². The fourth-order valence-corrected chi connectivity index (χ4v) is 0.541. The summed E-state index contributed by atoms with van der Waals surface area (Å²) in [6.45, 7) is 5.44. The molecular formula is C9H9F3O5. The predicted molar refractivity (Wildman–Crippen MR) is 47.5 cm³/mol. The van der Waals surface area contributed by atoms with Gasteiger partial charge in [-0.2, -0.15) is 13.2 Å². The topological polar surface area (TPSA) is 69.7 Å². The van der Waals surface area contributed by atoms with Gasteiger partial charge in [-0.05, 0) is 13.8 Å².